The molecule has 0 amide bonds. The van der Waals surface area contributed by atoms with Crippen molar-refractivity contribution >= 4 is 5.96 Å². The van der Waals surface area contributed by atoms with E-state index in [0.717, 1.165) is 31.4 Å². The number of nitrogens with one attached hydrogen (secondary N) is 2. The normalized spacial score (nSPS) is 20.4. The molecule has 3 rings (SSSR count). The Balaban J connectivity index is 1.50. The SMILES string of the molecule is CCc1nn(C)c(CC)c1CNC(=NC)NC1CCN(C2CCCC2)CC1. The van der Waals surface area contributed by atoms with Gasteiger partial charge in [-0.2, -0.15) is 5.10 Å². The van der Waals surface area contributed by atoms with E-state index < -0.39 is 0 Å². The number of nitrogens with zero attached hydrogens (tertiary/aromatic N) is 4. The molecule has 1 saturated heterocycles. The summed E-state index contributed by atoms with van der Waals surface area (Å²) < 4.78 is 2.03. The van der Waals surface area contributed by atoms with E-state index in [1.165, 1.54) is 68.6 Å². The zero-order chi connectivity index (χ0) is 19.2. The van der Waals surface area contributed by atoms with Crippen LogP contribution in [0.5, 0.6) is 0 Å². The minimum atomic E-state index is 0.527. The third kappa shape index (κ3) is 4.84. The monoisotopic (exact) mass is 374 g/mol. The number of rotatable bonds is 6. The number of guanidine groups is 1. The summed E-state index contributed by atoms with van der Waals surface area (Å²) in [4.78, 5) is 7.19. The molecule has 1 aromatic heterocycles. The smallest absolute Gasteiger partial charge is 0.191 e. The molecule has 2 aliphatic rings. The highest BCUT2D eigenvalue weighted by molar-refractivity contribution is 5.80. The molecule has 152 valence electrons. The molecule has 0 radical (unpaired) electrons. The van der Waals surface area contributed by atoms with Crippen molar-refractivity contribution in [1.29, 1.82) is 0 Å². The number of likely N-dealkylation sites (tertiary alicyclic amines) is 1. The molecular weight excluding hydrogens is 336 g/mol. The van der Waals surface area contributed by atoms with Gasteiger partial charge in [-0.1, -0.05) is 26.7 Å². The van der Waals surface area contributed by atoms with E-state index in [1.54, 1.807) is 0 Å². The third-order valence-corrected chi connectivity index (χ3v) is 6.40. The first-order chi connectivity index (χ1) is 13.2. The van der Waals surface area contributed by atoms with Gasteiger partial charge in [0.05, 0.1) is 5.69 Å². The van der Waals surface area contributed by atoms with E-state index >= 15 is 0 Å². The molecule has 0 atom stereocenters. The summed E-state index contributed by atoms with van der Waals surface area (Å²) in [7, 11) is 3.92. The summed E-state index contributed by atoms with van der Waals surface area (Å²) >= 11 is 0. The Labute approximate surface area is 164 Å². The van der Waals surface area contributed by atoms with Gasteiger partial charge in [-0.3, -0.25) is 9.67 Å². The zero-order valence-electron chi connectivity index (χ0n) is 17.7. The number of piperidine rings is 1. The Morgan fingerprint density at radius 3 is 2.41 bits per heavy atom. The first-order valence-corrected chi connectivity index (χ1v) is 10.9. The van der Waals surface area contributed by atoms with Crippen LogP contribution in [-0.4, -0.2) is 52.9 Å². The van der Waals surface area contributed by atoms with Crippen molar-refractivity contribution in [3.63, 3.8) is 0 Å². The fourth-order valence-corrected chi connectivity index (χ4v) is 4.83. The van der Waals surface area contributed by atoms with E-state index in [9.17, 15) is 0 Å². The minimum Gasteiger partial charge on any atom is -0.354 e. The Morgan fingerprint density at radius 1 is 1.11 bits per heavy atom. The molecule has 1 aliphatic heterocycles. The summed E-state index contributed by atoms with van der Waals surface area (Å²) in [6.07, 6.45) is 10.1. The van der Waals surface area contributed by atoms with Crippen molar-refractivity contribution in [2.24, 2.45) is 12.0 Å². The maximum atomic E-state index is 4.68. The Bertz CT molecular complexity index is 621. The summed E-state index contributed by atoms with van der Waals surface area (Å²) in [5.74, 6) is 0.919. The van der Waals surface area contributed by atoms with Gasteiger partial charge < -0.3 is 15.5 Å². The van der Waals surface area contributed by atoms with Gasteiger partial charge in [-0.25, -0.2) is 0 Å². The van der Waals surface area contributed by atoms with Crippen LogP contribution in [0.4, 0.5) is 0 Å². The van der Waals surface area contributed by atoms with Gasteiger partial charge in [-0.15, -0.1) is 0 Å². The van der Waals surface area contributed by atoms with E-state index in [-0.39, 0.29) is 0 Å². The van der Waals surface area contributed by atoms with Crippen LogP contribution in [0.1, 0.15) is 69.3 Å². The van der Waals surface area contributed by atoms with Gasteiger partial charge in [-0.05, 0) is 38.5 Å². The maximum Gasteiger partial charge on any atom is 0.191 e. The molecule has 2 N–H and O–H groups in total. The fraction of sp³-hybridized carbons (Fsp3) is 0.810. The van der Waals surface area contributed by atoms with Gasteiger partial charge >= 0.3 is 0 Å². The van der Waals surface area contributed by atoms with E-state index in [2.05, 4.69) is 39.5 Å². The van der Waals surface area contributed by atoms with Crippen LogP contribution in [0.2, 0.25) is 0 Å². The van der Waals surface area contributed by atoms with Gasteiger partial charge in [0.2, 0.25) is 0 Å². The lowest BCUT2D eigenvalue weighted by molar-refractivity contribution is 0.150. The highest BCUT2D eigenvalue weighted by Gasteiger charge is 2.27. The molecule has 6 heteroatoms. The first kappa shape index (κ1) is 20.2. The van der Waals surface area contributed by atoms with Gasteiger partial charge in [0.15, 0.2) is 5.96 Å². The largest absolute Gasteiger partial charge is 0.354 e. The number of hydrogen-bond donors (Lipinski definition) is 2. The predicted molar refractivity (Wildman–Crippen MR) is 112 cm³/mol. The number of aliphatic imine (C=N–C) groups is 1. The highest BCUT2D eigenvalue weighted by atomic mass is 15.3. The Kier molecular flexibility index (Phi) is 7.16. The molecule has 27 heavy (non-hydrogen) atoms. The second-order valence-electron chi connectivity index (χ2n) is 8.02. The lowest BCUT2D eigenvalue weighted by atomic mass is 10.0. The average Bonchev–Trinajstić information content (AvgIpc) is 3.33. The van der Waals surface area contributed by atoms with Crippen molar-refractivity contribution < 1.29 is 0 Å². The molecular formula is C21H38N6. The van der Waals surface area contributed by atoms with Crippen LogP contribution >= 0.6 is 0 Å². The zero-order valence-corrected chi connectivity index (χ0v) is 17.7. The van der Waals surface area contributed by atoms with Crippen LogP contribution in [0.15, 0.2) is 4.99 Å². The van der Waals surface area contributed by atoms with Gasteiger partial charge in [0, 0.05) is 57.1 Å². The molecule has 0 unspecified atom stereocenters. The fourth-order valence-electron chi connectivity index (χ4n) is 4.83. The molecule has 1 aromatic rings. The van der Waals surface area contributed by atoms with E-state index in [1.807, 2.05) is 18.8 Å². The number of hydrogen-bond acceptors (Lipinski definition) is 3. The molecule has 2 heterocycles. The topological polar surface area (TPSA) is 57.5 Å². The molecule has 0 bridgehead atoms. The summed E-state index contributed by atoms with van der Waals surface area (Å²) in [6, 6.07) is 1.38. The van der Waals surface area contributed by atoms with Gasteiger partial charge in [0.1, 0.15) is 0 Å². The minimum absolute atomic E-state index is 0.527. The van der Waals surface area contributed by atoms with E-state index in [4.69, 9.17) is 0 Å². The van der Waals surface area contributed by atoms with Crippen molar-refractivity contribution in [3.8, 4) is 0 Å². The van der Waals surface area contributed by atoms with Crippen molar-refractivity contribution in [1.82, 2.24) is 25.3 Å². The lowest BCUT2D eigenvalue weighted by Crippen LogP contribution is -2.50. The second-order valence-corrected chi connectivity index (χ2v) is 8.02. The van der Waals surface area contributed by atoms with Crippen LogP contribution in [0.25, 0.3) is 0 Å². The number of aryl methyl sites for hydroxylation is 2. The molecule has 0 aromatic carbocycles. The summed E-state index contributed by atoms with van der Waals surface area (Å²) in [5.41, 5.74) is 3.85. The molecule has 1 aliphatic carbocycles. The molecule has 6 nitrogen and oxygen atoms in total. The van der Waals surface area contributed by atoms with E-state index in [0.29, 0.717) is 6.04 Å². The third-order valence-electron chi connectivity index (χ3n) is 6.40. The van der Waals surface area contributed by atoms with Crippen molar-refractivity contribution in [2.75, 3.05) is 20.1 Å². The molecule has 0 spiro atoms. The lowest BCUT2D eigenvalue weighted by Gasteiger charge is -2.36. The average molecular weight is 375 g/mol. The van der Waals surface area contributed by atoms with Crippen LogP contribution in [0.3, 0.4) is 0 Å². The predicted octanol–water partition coefficient (Wildman–Crippen LogP) is 2.62. The van der Waals surface area contributed by atoms with Crippen molar-refractivity contribution in [2.45, 2.75) is 83.8 Å². The maximum absolute atomic E-state index is 4.68. The van der Waals surface area contributed by atoms with Crippen LogP contribution < -0.4 is 10.6 Å². The summed E-state index contributed by atoms with van der Waals surface area (Å²) in [5, 5.41) is 11.9. The quantitative estimate of drug-likeness (QED) is 0.594. The van der Waals surface area contributed by atoms with Crippen LogP contribution in [-0.2, 0) is 26.4 Å². The first-order valence-electron chi connectivity index (χ1n) is 10.9. The second kappa shape index (κ2) is 9.58. The summed E-state index contributed by atoms with van der Waals surface area (Å²) in [6.45, 7) is 7.62. The molecule has 1 saturated carbocycles. The Hall–Kier alpha value is -1.56. The highest BCUT2D eigenvalue weighted by Crippen LogP contribution is 2.26. The number of aromatic nitrogens is 2. The van der Waals surface area contributed by atoms with Crippen molar-refractivity contribution in [3.05, 3.63) is 17.0 Å². The standard InChI is InChI=1S/C21H38N6/c1-5-19-18(20(6-2)26(4)25-19)15-23-21(22-3)24-16-11-13-27(14-12-16)17-9-7-8-10-17/h16-17H,5-15H2,1-4H3,(H2,22,23,24). The van der Waals surface area contributed by atoms with Gasteiger partial charge in [0.25, 0.3) is 0 Å². The Morgan fingerprint density at radius 2 is 1.81 bits per heavy atom. The van der Waals surface area contributed by atoms with Crippen LogP contribution in [0, 0.1) is 0 Å². The molecule has 2 fully saturated rings.